The number of amides is 1. The lowest BCUT2D eigenvalue weighted by molar-refractivity contribution is -0.115. The Bertz CT molecular complexity index is 839. The van der Waals surface area contributed by atoms with Gasteiger partial charge in [0.05, 0.1) is 5.56 Å². The van der Waals surface area contributed by atoms with Gasteiger partial charge in [-0.05, 0) is 54.5 Å². The van der Waals surface area contributed by atoms with Crippen LogP contribution in [0.25, 0.3) is 5.57 Å². The van der Waals surface area contributed by atoms with Crippen LogP contribution >= 0.6 is 11.6 Å². The number of benzene rings is 1. The maximum Gasteiger partial charge on any atom is 0.335 e. The third-order valence-electron chi connectivity index (χ3n) is 4.82. The number of allylic oxidation sites excluding steroid dienone is 2. The number of rotatable bonds is 5. The zero-order valence-electron chi connectivity index (χ0n) is 14.6. The minimum Gasteiger partial charge on any atom is -0.478 e. The summed E-state index contributed by atoms with van der Waals surface area (Å²) < 4.78 is 0. The fourth-order valence-corrected chi connectivity index (χ4v) is 3.56. The summed E-state index contributed by atoms with van der Waals surface area (Å²) in [6.07, 6.45) is 5.71. The maximum absolute atomic E-state index is 12.4. The quantitative estimate of drug-likeness (QED) is 0.762. The number of aromatic carboxylic acids is 1. The average Bonchev–Trinajstić information content (AvgIpc) is 3.03. The lowest BCUT2D eigenvalue weighted by Crippen LogP contribution is -2.39. The predicted molar refractivity (Wildman–Crippen MR) is 102 cm³/mol. The number of hydrogen-bond acceptors (Lipinski definition) is 3. The molecule has 5 nitrogen and oxygen atoms in total. The van der Waals surface area contributed by atoms with Gasteiger partial charge < -0.3 is 10.4 Å². The van der Waals surface area contributed by atoms with Crippen LogP contribution in [0, 0.1) is 0 Å². The van der Waals surface area contributed by atoms with Gasteiger partial charge in [0, 0.05) is 12.5 Å². The highest BCUT2D eigenvalue weighted by Crippen LogP contribution is 2.28. The van der Waals surface area contributed by atoms with E-state index in [0.717, 1.165) is 36.0 Å². The van der Waals surface area contributed by atoms with Gasteiger partial charge in [-0.15, -0.1) is 0 Å². The number of carbonyl (C=O) groups is 2. The molecule has 1 heterocycles. The van der Waals surface area contributed by atoms with Gasteiger partial charge in [-0.3, -0.25) is 4.79 Å². The molecule has 1 atom stereocenters. The molecule has 0 radical (unpaired) electrons. The molecule has 136 valence electrons. The number of aliphatic imine (C=N–C) groups is 1. The van der Waals surface area contributed by atoms with Gasteiger partial charge in [-0.25, -0.2) is 9.79 Å². The molecule has 0 spiro atoms. The van der Waals surface area contributed by atoms with Crippen molar-refractivity contribution in [1.82, 2.24) is 5.32 Å². The minimum absolute atomic E-state index is 0.0565. The largest absolute Gasteiger partial charge is 0.478 e. The lowest BCUT2D eigenvalue weighted by Gasteiger charge is -2.23. The van der Waals surface area contributed by atoms with Crippen LogP contribution in [-0.4, -0.2) is 28.7 Å². The Morgan fingerprint density at radius 3 is 2.81 bits per heavy atom. The van der Waals surface area contributed by atoms with Crippen molar-refractivity contribution in [2.24, 2.45) is 4.99 Å². The molecule has 1 aromatic rings. The normalized spacial score (nSPS) is 19.8. The number of nitrogens with zero attached hydrogens (tertiary/aromatic N) is 1. The van der Waals surface area contributed by atoms with Crippen LogP contribution in [-0.2, 0) is 4.79 Å². The van der Waals surface area contributed by atoms with Gasteiger partial charge in [0.25, 0.3) is 5.91 Å². The molecule has 1 amide bonds. The molecule has 1 aliphatic carbocycles. The topological polar surface area (TPSA) is 78.8 Å². The van der Waals surface area contributed by atoms with Crippen LogP contribution in [0.15, 0.2) is 46.1 Å². The van der Waals surface area contributed by atoms with E-state index in [1.54, 1.807) is 18.2 Å². The fraction of sp³-hybridized carbons (Fsp3) is 0.350. The molecular formula is C20H21ClN2O3. The van der Waals surface area contributed by atoms with Crippen LogP contribution < -0.4 is 5.32 Å². The Kier molecular flexibility index (Phi) is 5.57. The summed E-state index contributed by atoms with van der Waals surface area (Å²) in [5.41, 5.74) is 3.82. The van der Waals surface area contributed by atoms with Crippen molar-refractivity contribution in [3.8, 4) is 0 Å². The number of hydrogen-bond donors (Lipinski definition) is 2. The van der Waals surface area contributed by atoms with E-state index in [2.05, 4.69) is 16.4 Å². The Balaban J connectivity index is 1.60. The second kappa shape index (κ2) is 7.87. The molecule has 0 saturated carbocycles. The SMILES string of the molecule is CCC1=C(Cl)N=C(C(=O)NC2CC=C(c3cccc(C(=O)O)c3)CC2)C1. The van der Waals surface area contributed by atoms with E-state index in [9.17, 15) is 9.59 Å². The summed E-state index contributed by atoms with van der Waals surface area (Å²) in [5, 5.41) is 12.6. The molecule has 0 aromatic heterocycles. The molecule has 3 rings (SSSR count). The first-order chi connectivity index (χ1) is 12.5. The lowest BCUT2D eigenvalue weighted by atomic mass is 9.90. The van der Waals surface area contributed by atoms with E-state index in [1.807, 2.05) is 13.0 Å². The van der Waals surface area contributed by atoms with Gasteiger partial charge in [0.15, 0.2) is 0 Å². The van der Waals surface area contributed by atoms with Crippen molar-refractivity contribution in [2.75, 3.05) is 0 Å². The summed E-state index contributed by atoms with van der Waals surface area (Å²) in [4.78, 5) is 27.7. The van der Waals surface area contributed by atoms with Crippen LogP contribution in [0.1, 0.15) is 54.9 Å². The summed E-state index contributed by atoms with van der Waals surface area (Å²) in [7, 11) is 0. The first-order valence-corrected chi connectivity index (χ1v) is 9.14. The van der Waals surface area contributed by atoms with Gasteiger partial charge in [-0.1, -0.05) is 36.7 Å². The summed E-state index contributed by atoms with van der Waals surface area (Å²) in [6.45, 7) is 2.00. The molecule has 2 aliphatic rings. The Morgan fingerprint density at radius 2 is 2.19 bits per heavy atom. The zero-order valence-corrected chi connectivity index (χ0v) is 15.3. The van der Waals surface area contributed by atoms with E-state index in [-0.39, 0.29) is 17.5 Å². The van der Waals surface area contributed by atoms with Gasteiger partial charge in [0.2, 0.25) is 0 Å². The van der Waals surface area contributed by atoms with Crippen molar-refractivity contribution in [2.45, 2.75) is 45.1 Å². The summed E-state index contributed by atoms with van der Waals surface area (Å²) >= 11 is 6.04. The third kappa shape index (κ3) is 4.05. The summed E-state index contributed by atoms with van der Waals surface area (Å²) in [6, 6.07) is 7.02. The molecular weight excluding hydrogens is 352 g/mol. The van der Waals surface area contributed by atoms with Gasteiger partial charge in [0.1, 0.15) is 10.9 Å². The van der Waals surface area contributed by atoms with E-state index >= 15 is 0 Å². The molecule has 6 heteroatoms. The second-order valence-corrected chi connectivity index (χ2v) is 6.90. The highest BCUT2D eigenvalue weighted by molar-refractivity contribution is 6.43. The number of nitrogens with one attached hydrogen (secondary N) is 1. The standard InChI is InChI=1S/C20H21ClN2O3/c1-2-12-11-17(23-18(12)21)19(24)22-16-8-6-13(7-9-16)14-4-3-5-15(10-14)20(25)26/h3-6,10,16H,2,7-9,11H2,1H3,(H,22,24)(H,25,26). The highest BCUT2D eigenvalue weighted by Gasteiger charge is 2.24. The van der Waals surface area contributed by atoms with E-state index < -0.39 is 5.97 Å². The zero-order chi connectivity index (χ0) is 18.7. The smallest absolute Gasteiger partial charge is 0.335 e. The molecule has 2 N–H and O–H groups in total. The number of carbonyl (C=O) groups excluding carboxylic acids is 1. The molecule has 0 saturated heterocycles. The average molecular weight is 373 g/mol. The van der Waals surface area contributed by atoms with E-state index in [1.165, 1.54) is 0 Å². The van der Waals surface area contributed by atoms with Gasteiger partial charge >= 0.3 is 5.97 Å². The Hall–Kier alpha value is -2.40. The molecule has 1 aromatic carbocycles. The van der Waals surface area contributed by atoms with Crippen molar-refractivity contribution in [1.29, 1.82) is 0 Å². The number of halogens is 1. The Labute approximate surface area is 157 Å². The van der Waals surface area contributed by atoms with E-state index in [4.69, 9.17) is 16.7 Å². The third-order valence-corrected chi connectivity index (χ3v) is 5.17. The van der Waals surface area contributed by atoms with Crippen LogP contribution in [0.4, 0.5) is 0 Å². The van der Waals surface area contributed by atoms with E-state index in [0.29, 0.717) is 23.7 Å². The molecule has 26 heavy (non-hydrogen) atoms. The first kappa shape index (κ1) is 18.4. The molecule has 0 bridgehead atoms. The first-order valence-electron chi connectivity index (χ1n) is 8.76. The van der Waals surface area contributed by atoms with Crippen LogP contribution in [0.2, 0.25) is 0 Å². The molecule has 0 fully saturated rings. The van der Waals surface area contributed by atoms with Crippen molar-refractivity contribution in [3.05, 3.63) is 52.2 Å². The maximum atomic E-state index is 12.4. The number of carboxylic acid groups (broad SMARTS) is 1. The Morgan fingerprint density at radius 1 is 1.38 bits per heavy atom. The van der Waals surface area contributed by atoms with Gasteiger partial charge in [-0.2, -0.15) is 0 Å². The molecule has 1 unspecified atom stereocenters. The second-order valence-electron chi connectivity index (χ2n) is 6.54. The number of carboxylic acids is 1. The fourth-order valence-electron chi connectivity index (χ4n) is 3.26. The highest BCUT2D eigenvalue weighted by atomic mass is 35.5. The summed E-state index contributed by atoms with van der Waals surface area (Å²) in [5.74, 6) is -1.08. The van der Waals surface area contributed by atoms with Crippen molar-refractivity contribution < 1.29 is 14.7 Å². The molecule has 1 aliphatic heterocycles. The van der Waals surface area contributed by atoms with Crippen molar-refractivity contribution >= 4 is 34.8 Å². The minimum atomic E-state index is -0.926. The van der Waals surface area contributed by atoms with Crippen molar-refractivity contribution in [3.63, 3.8) is 0 Å². The predicted octanol–water partition coefficient (Wildman–Crippen LogP) is 4.14. The monoisotopic (exact) mass is 372 g/mol. The van der Waals surface area contributed by atoms with Crippen LogP contribution in [0.3, 0.4) is 0 Å². The van der Waals surface area contributed by atoms with Crippen LogP contribution in [0.5, 0.6) is 0 Å².